The van der Waals surface area contributed by atoms with Crippen LogP contribution in [0.25, 0.3) is 0 Å². The number of nitrogens with zero attached hydrogens (tertiary/aromatic N) is 1. The standard InChI is InChI=1S/C11H22N2O2S/c1-7(2)9(10(12)16)11(15)13(5-6-14)8(3)4/h7-9,14H,5-6H2,1-4H3,(H2,12,16). The molecule has 1 amide bonds. The van der Waals surface area contributed by atoms with E-state index in [0.29, 0.717) is 6.54 Å². The van der Waals surface area contributed by atoms with Gasteiger partial charge in [0.15, 0.2) is 0 Å². The summed E-state index contributed by atoms with van der Waals surface area (Å²) in [7, 11) is 0. The Labute approximate surface area is 103 Å². The highest BCUT2D eigenvalue weighted by Crippen LogP contribution is 2.16. The fourth-order valence-electron chi connectivity index (χ4n) is 1.64. The lowest BCUT2D eigenvalue weighted by Gasteiger charge is -2.31. The molecule has 0 aliphatic rings. The summed E-state index contributed by atoms with van der Waals surface area (Å²) in [5, 5.41) is 8.94. The van der Waals surface area contributed by atoms with E-state index in [1.165, 1.54) is 0 Å². The van der Waals surface area contributed by atoms with Crippen molar-refractivity contribution in [2.45, 2.75) is 33.7 Å². The Hall–Kier alpha value is -0.680. The Morgan fingerprint density at radius 2 is 1.88 bits per heavy atom. The molecule has 16 heavy (non-hydrogen) atoms. The Kier molecular flexibility index (Phi) is 6.52. The molecule has 94 valence electrons. The van der Waals surface area contributed by atoms with Gasteiger partial charge in [-0.3, -0.25) is 4.79 Å². The largest absolute Gasteiger partial charge is 0.395 e. The van der Waals surface area contributed by atoms with Crippen LogP contribution < -0.4 is 5.73 Å². The van der Waals surface area contributed by atoms with Crippen molar-refractivity contribution < 1.29 is 9.90 Å². The average molecular weight is 246 g/mol. The van der Waals surface area contributed by atoms with Gasteiger partial charge in [-0.2, -0.15) is 0 Å². The molecule has 0 aliphatic heterocycles. The molecule has 0 rings (SSSR count). The van der Waals surface area contributed by atoms with Gasteiger partial charge in [-0.05, 0) is 19.8 Å². The van der Waals surface area contributed by atoms with Crippen molar-refractivity contribution in [1.29, 1.82) is 0 Å². The van der Waals surface area contributed by atoms with E-state index in [1.807, 2.05) is 27.7 Å². The van der Waals surface area contributed by atoms with E-state index in [-0.39, 0.29) is 29.5 Å². The lowest BCUT2D eigenvalue weighted by Crippen LogP contribution is -2.47. The average Bonchev–Trinajstić information content (AvgIpc) is 2.11. The minimum absolute atomic E-state index is 0.0373. The third-order valence-corrected chi connectivity index (χ3v) is 2.74. The van der Waals surface area contributed by atoms with Crippen molar-refractivity contribution in [3.63, 3.8) is 0 Å². The van der Waals surface area contributed by atoms with Crippen molar-refractivity contribution >= 4 is 23.1 Å². The van der Waals surface area contributed by atoms with E-state index < -0.39 is 5.92 Å². The lowest BCUT2D eigenvalue weighted by atomic mass is 9.94. The van der Waals surface area contributed by atoms with Crippen molar-refractivity contribution in [3.8, 4) is 0 Å². The van der Waals surface area contributed by atoms with Crippen molar-refractivity contribution in [1.82, 2.24) is 4.90 Å². The van der Waals surface area contributed by atoms with Crippen LogP contribution in [0.4, 0.5) is 0 Å². The molecule has 1 atom stereocenters. The minimum atomic E-state index is -0.441. The quantitative estimate of drug-likeness (QED) is 0.680. The van der Waals surface area contributed by atoms with E-state index in [4.69, 9.17) is 23.1 Å². The number of hydrogen-bond donors (Lipinski definition) is 2. The summed E-state index contributed by atoms with van der Waals surface area (Å²) in [5.74, 6) is -0.458. The zero-order valence-corrected chi connectivity index (χ0v) is 11.3. The third kappa shape index (κ3) is 4.06. The van der Waals surface area contributed by atoms with Gasteiger partial charge in [-0.1, -0.05) is 26.1 Å². The van der Waals surface area contributed by atoms with Crippen LogP contribution in [0.2, 0.25) is 0 Å². The number of hydrogen-bond acceptors (Lipinski definition) is 3. The molecule has 1 unspecified atom stereocenters. The van der Waals surface area contributed by atoms with E-state index >= 15 is 0 Å². The number of rotatable bonds is 6. The zero-order chi connectivity index (χ0) is 12.9. The second-order valence-corrected chi connectivity index (χ2v) is 4.94. The maximum atomic E-state index is 12.2. The van der Waals surface area contributed by atoms with Crippen LogP contribution >= 0.6 is 12.2 Å². The molecule has 5 heteroatoms. The van der Waals surface area contributed by atoms with Gasteiger partial charge in [-0.25, -0.2) is 0 Å². The van der Waals surface area contributed by atoms with Crippen molar-refractivity contribution in [2.24, 2.45) is 17.6 Å². The molecule has 0 aromatic rings. The Bertz CT molecular complexity index is 254. The minimum Gasteiger partial charge on any atom is -0.395 e. The molecule has 3 N–H and O–H groups in total. The first-order valence-electron chi connectivity index (χ1n) is 5.53. The van der Waals surface area contributed by atoms with Crippen molar-refractivity contribution in [2.75, 3.05) is 13.2 Å². The van der Waals surface area contributed by atoms with E-state index in [2.05, 4.69) is 0 Å². The predicted molar refractivity (Wildman–Crippen MR) is 69.0 cm³/mol. The molecule has 4 nitrogen and oxygen atoms in total. The predicted octanol–water partition coefficient (Wildman–Crippen LogP) is 0.774. The molecular weight excluding hydrogens is 224 g/mol. The number of carbonyl (C=O) groups is 1. The van der Waals surface area contributed by atoms with Gasteiger partial charge in [0.1, 0.15) is 0 Å². The lowest BCUT2D eigenvalue weighted by molar-refractivity contribution is -0.136. The molecule has 0 fully saturated rings. The number of carbonyl (C=O) groups excluding carboxylic acids is 1. The summed E-state index contributed by atoms with van der Waals surface area (Å²) in [5.41, 5.74) is 5.59. The highest BCUT2D eigenvalue weighted by Gasteiger charge is 2.30. The second-order valence-electron chi connectivity index (χ2n) is 4.47. The summed E-state index contributed by atoms with van der Waals surface area (Å²) < 4.78 is 0. The van der Waals surface area contributed by atoms with Crippen LogP contribution in [0.5, 0.6) is 0 Å². The normalized spacial score (nSPS) is 12.9. The van der Waals surface area contributed by atoms with Gasteiger partial charge in [0.05, 0.1) is 17.5 Å². The Morgan fingerprint density at radius 1 is 1.38 bits per heavy atom. The fourth-order valence-corrected chi connectivity index (χ4v) is 2.02. The molecule has 0 bridgehead atoms. The smallest absolute Gasteiger partial charge is 0.233 e. The molecular formula is C11H22N2O2S. The topological polar surface area (TPSA) is 66.6 Å². The van der Waals surface area contributed by atoms with Gasteiger partial charge in [0, 0.05) is 12.6 Å². The molecule has 0 saturated carbocycles. The Morgan fingerprint density at radius 3 is 2.12 bits per heavy atom. The van der Waals surface area contributed by atoms with Crippen LogP contribution in [-0.2, 0) is 4.79 Å². The molecule has 0 aromatic carbocycles. The summed E-state index contributed by atoms with van der Waals surface area (Å²) in [6, 6.07) is 0.0373. The van der Waals surface area contributed by atoms with Crippen LogP contribution in [0, 0.1) is 11.8 Å². The van der Waals surface area contributed by atoms with E-state index in [9.17, 15) is 4.79 Å². The second kappa shape index (κ2) is 6.81. The molecule has 0 aromatic heterocycles. The highest BCUT2D eigenvalue weighted by molar-refractivity contribution is 7.80. The first-order valence-corrected chi connectivity index (χ1v) is 5.94. The maximum Gasteiger partial charge on any atom is 0.233 e. The summed E-state index contributed by atoms with van der Waals surface area (Å²) in [4.78, 5) is 14.0. The fraction of sp³-hybridized carbons (Fsp3) is 0.818. The first kappa shape index (κ1) is 15.3. The van der Waals surface area contributed by atoms with Gasteiger partial charge in [0.25, 0.3) is 0 Å². The van der Waals surface area contributed by atoms with Gasteiger partial charge < -0.3 is 15.7 Å². The molecule has 0 heterocycles. The molecule has 0 radical (unpaired) electrons. The number of aliphatic hydroxyl groups excluding tert-OH is 1. The van der Waals surface area contributed by atoms with Gasteiger partial charge in [-0.15, -0.1) is 0 Å². The van der Waals surface area contributed by atoms with Crippen LogP contribution in [0.1, 0.15) is 27.7 Å². The summed E-state index contributed by atoms with van der Waals surface area (Å²) >= 11 is 4.93. The van der Waals surface area contributed by atoms with Gasteiger partial charge >= 0.3 is 0 Å². The first-order chi connectivity index (χ1) is 7.32. The van der Waals surface area contributed by atoms with Crippen molar-refractivity contribution in [3.05, 3.63) is 0 Å². The van der Waals surface area contributed by atoms with Gasteiger partial charge in [0.2, 0.25) is 5.91 Å². The third-order valence-electron chi connectivity index (χ3n) is 2.49. The van der Waals surface area contributed by atoms with E-state index in [1.54, 1.807) is 4.90 Å². The highest BCUT2D eigenvalue weighted by atomic mass is 32.1. The monoisotopic (exact) mass is 246 g/mol. The number of aliphatic hydroxyl groups is 1. The number of amides is 1. The SMILES string of the molecule is CC(C)C(C(=O)N(CCO)C(C)C)C(N)=S. The zero-order valence-electron chi connectivity index (χ0n) is 10.4. The maximum absolute atomic E-state index is 12.2. The van der Waals surface area contributed by atoms with Crippen LogP contribution in [0.15, 0.2) is 0 Å². The molecule has 0 saturated heterocycles. The number of nitrogens with two attached hydrogens (primary N) is 1. The molecule has 0 aliphatic carbocycles. The Balaban J connectivity index is 4.88. The number of thiocarbonyl (C=S) groups is 1. The molecule has 0 spiro atoms. The summed E-state index contributed by atoms with van der Waals surface area (Å²) in [6.45, 7) is 7.92. The van der Waals surface area contributed by atoms with Crippen LogP contribution in [0.3, 0.4) is 0 Å². The summed E-state index contributed by atoms with van der Waals surface area (Å²) in [6.07, 6.45) is 0. The van der Waals surface area contributed by atoms with E-state index in [0.717, 1.165) is 0 Å². The van der Waals surface area contributed by atoms with Crippen LogP contribution in [-0.4, -0.2) is 40.1 Å².